The third-order valence-electron chi connectivity index (χ3n) is 2.73. The molecule has 5 nitrogen and oxygen atoms in total. The second-order valence-electron chi connectivity index (χ2n) is 4.17. The largest absolute Gasteiger partial charge is 0.476 e. The summed E-state index contributed by atoms with van der Waals surface area (Å²) in [6, 6.07) is 0. The van der Waals surface area contributed by atoms with Crippen molar-refractivity contribution in [2.75, 3.05) is 26.4 Å². The van der Waals surface area contributed by atoms with Crippen LogP contribution in [0.25, 0.3) is 0 Å². The van der Waals surface area contributed by atoms with E-state index in [4.69, 9.17) is 9.47 Å². The topological polar surface area (TPSA) is 56.3 Å². The van der Waals surface area contributed by atoms with Gasteiger partial charge in [0.25, 0.3) is 0 Å². The van der Waals surface area contributed by atoms with Gasteiger partial charge in [0, 0.05) is 19.1 Å². The molecule has 1 unspecified atom stereocenters. The zero-order valence-corrected chi connectivity index (χ0v) is 10.2. The zero-order chi connectivity index (χ0) is 11.9. The molecule has 2 rings (SSSR count). The molecule has 1 atom stereocenters. The van der Waals surface area contributed by atoms with E-state index in [1.54, 1.807) is 12.4 Å². The molecule has 0 spiro atoms. The van der Waals surface area contributed by atoms with Crippen LogP contribution in [0.5, 0.6) is 5.88 Å². The fourth-order valence-electron chi connectivity index (χ4n) is 1.68. The van der Waals surface area contributed by atoms with Crippen molar-refractivity contribution in [1.29, 1.82) is 0 Å². The van der Waals surface area contributed by atoms with Crippen LogP contribution in [-0.4, -0.2) is 36.3 Å². The molecule has 0 aliphatic carbocycles. The Morgan fingerprint density at radius 3 is 3.06 bits per heavy atom. The van der Waals surface area contributed by atoms with E-state index in [1.165, 1.54) is 0 Å². The summed E-state index contributed by atoms with van der Waals surface area (Å²) in [6.45, 7) is 6.06. The lowest BCUT2D eigenvalue weighted by Crippen LogP contribution is -2.14. The van der Waals surface area contributed by atoms with E-state index in [1.807, 2.05) is 0 Å². The van der Waals surface area contributed by atoms with Crippen molar-refractivity contribution in [2.45, 2.75) is 19.9 Å². The molecule has 94 valence electrons. The molecule has 1 aliphatic heterocycles. The number of rotatable bonds is 6. The Kier molecular flexibility index (Phi) is 4.70. The van der Waals surface area contributed by atoms with Crippen LogP contribution in [0.1, 0.15) is 19.0 Å². The molecule has 0 saturated carbocycles. The smallest absolute Gasteiger partial charge is 0.232 e. The van der Waals surface area contributed by atoms with E-state index in [0.29, 0.717) is 18.4 Å². The van der Waals surface area contributed by atoms with Gasteiger partial charge in [-0.2, -0.15) is 0 Å². The van der Waals surface area contributed by atoms with Crippen molar-refractivity contribution in [3.8, 4) is 5.88 Å². The van der Waals surface area contributed by atoms with Crippen LogP contribution in [0.4, 0.5) is 0 Å². The molecule has 1 saturated heterocycles. The van der Waals surface area contributed by atoms with Gasteiger partial charge >= 0.3 is 0 Å². The van der Waals surface area contributed by atoms with E-state index in [0.717, 1.165) is 38.4 Å². The molecule has 2 heterocycles. The van der Waals surface area contributed by atoms with Gasteiger partial charge in [-0.3, -0.25) is 4.98 Å². The summed E-state index contributed by atoms with van der Waals surface area (Å²) >= 11 is 0. The van der Waals surface area contributed by atoms with Gasteiger partial charge in [0.05, 0.1) is 31.3 Å². The van der Waals surface area contributed by atoms with Crippen molar-refractivity contribution >= 4 is 0 Å². The Hall–Kier alpha value is -1.20. The summed E-state index contributed by atoms with van der Waals surface area (Å²) in [7, 11) is 0. The molecule has 1 aliphatic rings. The summed E-state index contributed by atoms with van der Waals surface area (Å²) in [4.78, 5) is 8.51. The maximum absolute atomic E-state index is 5.58. The molecule has 0 amide bonds. The lowest BCUT2D eigenvalue weighted by molar-refractivity contribution is 0.165. The molecule has 1 fully saturated rings. The minimum Gasteiger partial charge on any atom is -0.476 e. The molecule has 1 aromatic heterocycles. The predicted octanol–water partition coefficient (Wildman–Crippen LogP) is 1.00. The molecule has 17 heavy (non-hydrogen) atoms. The minimum atomic E-state index is 0.498. The maximum Gasteiger partial charge on any atom is 0.232 e. The number of hydrogen-bond donors (Lipinski definition) is 1. The highest BCUT2D eigenvalue weighted by molar-refractivity contribution is 5.07. The van der Waals surface area contributed by atoms with Gasteiger partial charge in [0.15, 0.2) is 0 Å². The third kappa shape index (κ3) is 3.94. The van der Waals surface area contributed by atoms with Crippen molar-refractivity contribution in [2.24, 2.45) is 5.92 Å². The normalized spacial score (nSPS) is 19.5. The first kappa shape index (κ1) is 12.3. The Balaban J connectivity index is 1.76. The highest BCUT2D eigenvalue weighted by Gasteiger charge is 2.16. The lowest BCUT2D eigenvalue weighted by atomic mass is 10.1. The van der Waals surface area contributed by atoms with Crippen molar-refractivity contribution < 1.29 is 9.47 Å². The molecular formula is C12H19N3O2. The molecule has 0 radical (unpaired) electrons. The molecule has 1 N–H and O–H groups in total. The number of nitrogens with one attached hydrogen (secondary N) is 1. The standard InChI is InChI=1S/C12H19N3O2/c1-2-13-5-11-6-15-12(7-14-11)17-9-10-3-4-16-8-10/h6-7,10,13H,2-5,8-9H2,1H3. The van der Waals surface area contributed by atoms with Crippen LogP contribution in [0.3, 0.4) is 0 Å². The summed E-state index contributed by atoms with van der Waals surface area (Å²) < 4.78 is 10.9. The summed E-state index contributed by atoms with van der Waals surface area (Å²) in [6.07, 6.45) is 4.51. The van der Waals surface area contributed by atoms with Crippen molar-refractivity contribution in [1.82, 2.24) is 15.3 Å². The van der Waals surface area contributed by atoms with Crippen LogP contribution in [0.15, 0.2) is 12.4 Å². The van der Waals surface area contributed by atoms with Crippen LogP contribution >= 0.6 is 0 Å². The molecule has 1 aromatic rings. The van der Waals surface area contributed by atoms with Gasteiger partial charge < -0.3 is 14.8 Å². The number of aromatic nitrogens is 2. The Morgan fingerprint density at radius 1 is 1.47 bits per heavy atom. The van der Waals surface area contributed by atoms with Gasteiger partial charge in [-0.1, -0.05) is 6.92 Å². The fourth-order valence-corrected chi connectivity index (χ4v) is 1.68. The summed E-state index contributed by atoms with van der Waals surface area (Å²) in [5.41, 5.74) is 0.934. The maximum atomic E-state index is 5.58. The van der Waals surface area contributed by atoms with Gasteiger partial charge in [-0.05, 0) is 13.0 Å². The summed E-state index contributed by atoms with van der Waals surface area (Å²) in [5, 5.41) is 3.20. The third-order valence-corrected chi connectivity index (χ3v) is 2.73. The van der Waals surface area contributed by atoms with Crippen molar-refractivity contribution in [3.05, 3.63) is 18.1 Å². The highest BCUT2D eigenvalue weighted by Crippen LogP contribution is 2.14. The lowest BCUT2D eigenvalue weighted by Gasteiger charge is -2.09. The SMILES string of the molecule is CCNCc1cnc(OCC2CCOC2)cn1. The first-order chi connectivity index (χ1) is 8.38. The van der Waals surface area contributed by atoms with Gasteiger partial charge in [0.1, 0.15) is 0 Å². The Morgan fingerprint density at radius 2 is 2.41 bits per heavy atom. The fraction of sp³-hybridized carbons (Fsp3) is 0.667. The van der Waals surface area contributed by atoms with Crippen LogP contribution < -0.4 is 10.1 Å². The molecule has 0 aromatic carbocycles. The number of nitrogens with zero attached hydrogens (tertiary/aromatic N) is 2. The molecular weight excluding hydrogens is 218 g/mol. The number of hydrogen-bond acceptors (Lipinski definition) is 5. The van der Waals surface area contributed by atoms with Crippen LogP contribution in [0, 0.1) is 5.92 Å². The van der Waals surface area contributed by atoms with E-state index in [9.17, 15) is 0 Å². The minimum absolute atomic E-state index is 0.498. The monoisotopic (exact) mass is 237 g/mol. The van der Waals surface area contributed by atoms with Crippen molar-refractivity contribution in [3.63, 3.8) is 0 Å². The Bertz CT molecular complexity index is 323. The summed E-state index contributed by atoms with van der Waals surface area (Å²) in [5.74, 6) is 1.09. The van der Waals surface area contributed by atoms with E-state index >= 15 is 0 Å². The second-order valence-corrected chi connectivity index (χ2v) is 4.17. The first-order valence-corrected chi connectivity index (χ1v) is 6.10. The van der Waals surface area contributed by atoms with E-state index in [-0.39, 0.29) is 0 Å². The Labute approximate surface area is 102 Å². The quantitative estimate of drug-likeness (QED) is 0.800. The highest BCUT2D eigenvalue weighted by atomic mass is 16.5. The van der Waals surface area contributed by atoms with Gasteiger partial charge in [-0.15, -0.1) is 0 Å². The molecule has 5 heteroatoms. The average molecular weight is 237 g/mol. The zero-order valence-electron chi connectivity index (χ0n) is 10.2. The van der Waals surface area contributed by atoms with E-state index < -0.39 is 0 Å². The van der Waals surface area contributed by atoms with Crippen LogP contribution in [0.2, 0.25) is 0 Å². The number of ether oxygens (including phenoxy) is 2. The first-order valence-electron chi connectivity index (χ1n) is 6.10. The van der Waals surface area contributed by atoms with Crippen LogP contribution in [-0.2, 0) is 11.3 Å². The molecule has 0 bridgehead atoms. The van der Waals surface area contributed by atoms with E-state index in [2.05, 4.69) is 22.2 Å². The van der Waals surface area contributed by atoms with Gasteiger partial charge in [0.2, 0.25) is 5.88 Å². The second kappa shape index (κ2) is 6.51. The van der Waals surface area contributed by atoms with Gasteiger partial charge in [-0.25, -0.2) is 4.98 Å². The average Bonchev–Trinajstić information content (AvgIpc) is 2.88. The predicted molar refractivity (Wildman–Crippen MR) is 63.8 cm³/mol.